The summed E-state index contributed by atoms with van der Waals surface area (Å²) < 4.78 is 34.5. The number of sulfonamides is 1. The number of carbonyl (C=O) groups is 1. The van der Waals surface area contributed by atoms with Gasteiger partial charge in [0.15, 0.2) is 10.8 Å². The van der Waals surface area contributed by atoms with Crippen LogP contribution in [0.25, 0.3) is 16.6 Å². The molecule has 35 heavy (non-hydrogen) atoms. The van der Waals surface area contributed by atoms with Gasteiger partial charge in [0.2, 0.25) is 15.9 Å². The number of aromatic nitrogens is 3. The Morgan fingerprint density at radius 3 is 2.60 bits per heavy atom. The number of fused-ring (bicyclic) bond motifs is 3. The lowest BCUT2D eigenvalue weighted by molar-refractivity contribution is -0.115. The summed E-state index contributed by atoms with van der Waals surface area (Å²) in [5, 5.41) is 12.5. The van der Waals surface area contributed by atoms with Crippen LogP contribution in [0.15, 0.2) is 93.5 Å². The molecule has 0 radical (unpaired) electrons. The number of amides is 1. The Hall–Kier alpha value is -3.67. The lowest BCUT2D eigenvalue weighted by atomic mass is 10.2. The first-order chi connectivity index (χ1) is 16.9. The maximum atomic E-state index is 12.8. The van der Waals surface area contributed by atoms with E-state index in [0.717, 1.165) is 10.9 Å². The van der Waals surface area contributed by atoms with E-state index in [-0.39, 0.29) is 17.3 Å². The third-order valence-corrected chi connectivity index (χ3v) is 7.81. The van der Waals surface area contributed by atoms with Crippen molar-refractivity contribution in [1.29, 1.82) is 0 Å². The van der Waals surface area contributed by atoms with Crippen LogP contribution in [0.2, 0.25) is 0 Å². The predicted molar refractivity (Wildman–Crippen MR) is 134 cm³/mol. The van der Waals surface area contributed by atoms with Gasteiger partial charge in [0, 0.05) is 5.69 Å². The number of hydrogen-bond acceptors (Lipinski definition) is 7. The molecule has 1 unspecified atom stereocenters. The van der Waals surface area contributed by atoms with Crippen molar-refractivity contribution in [3.05, 3.63) is 84.8 Å². The molecule has 0 saturated carbocycles. The molecule has 1 atom stereocenters. The van der Waals surface area contributed by atoms with E-state index in [1.165, 1.54) is 30.2 Å². The van der Waals surface area contributed by atoms with Crippen LogP contribution in [0.4, 0.5) is 5.69 Å². The van der Waals surface area contributed by atoms with Crippen LogP contribution >= 0.6 is 11.8 Å². The number of nitrogens with one attached hydrogen (secondary N) is 2. The Kier molecular flexibility index (Phi) is 6.29. The predicted octanol–water partition coefficient (Wildman–Crippen LogP) is 4.07. The van der Waals surface area contributed by atoms with E-state index in [1.54, 1.807) is 31.2 Å². The number of furan rings is 1. The number of pyridine rings is 1. The summed E-state index contributed by atoms with van der Waals surface area (Å²) in [6.45, 7) is 1.83. The highest BCUT2D eigenvalue weighted by Crippen LogP contribution is 2.27. The van der Waals surface area contributed by atoms with Gasteiger partial charge in [-0.1, -0.05) is 30.0 Å². The molecule has 2 N–H and O–H groups in total. The molecule has 0 aliphatic carbocycles. The lowest BCUT2D eigenvalue weighted by Crippen LogP contribution is -2.24. The number of hydrogen-bond donors (Lipinski definition) is 2. The largest absolute Gasteiger partial charge is 0.468 e. The molecule has 0 bridgehead atoms. The third-order valence-electron chi connectivity index (χ3n) is 5.35. The summed E-state index contributed by atoms with van der Waals surface area (Å²) in [6.07, 6.45) is 1.48. The minimum atomic E-state index is -3.72. The van der Waals surface area contributed by atoms with Crippen molar-refractivity contribution in [2.45, 2.75) is 28.8 Å². The fraction of sp³-hybridized carbons (Fsp3) is 0.125. The molecule has 178 valence electrons. The van der Waals surface area contributed by atoms with E-state index < -0.39 is 15.3 Å². The van der Waals surface area contributed by atoms with Gasteiger partial charge in [0.05, 0.1) is 28.5 Å². The fourth-order valence-corrected chi connectivity index (χ4v) is 5.38. The van der Waals surface area contributed by atoms with E-state index in [2.05, 4.69) is 20.2 Å². The molecule has 0 aliphatic heterocycles. The standard InChI is InChI=1S/C24H21N5O4S2/c1-16(34-24-28-27-22-13-8-17-5-2-3-7-21(17)29(22)24)23(30)26-18-9-11-20(12-10-18)35(31,32)25-15-19-6-4-14-33-19/h2-14,16,25H,15H2,1H3,(H,26,30). The first-order valence-corrected chi connectivity index (χ1v) is 13.1. The second-order valence-electron chi connectivity index (χ2n) is 7.75. The summed E-state index contributed by atoms with van der Waals surface area (Å²) in [5.74, 6) is 0.274. The van der Waals surface area contributed by atoms with Gasteiger partial charge in [-0.15, -0.1) is 10.2 Å². The molecule has 3 aromatic heterocycles. The highest BCUT2D eigenvalue weighted by Gasteiger charge is 2.20. The number of benzene rings is 2. The molecule has 5 rings (SSSR count). The number of carbonyl (C=O) groups excluding carboxylic acids is 1. The van der Waals surface area contributed by atoms with Crippen molar-refractivity contribution in [3.8, 4) is 0 Å². The van der Waals surface area contributed by atoms with Gasteiger partial charge in [-0.05, 0) is 66.9 Å². The average Bonchev–Trinajstić information content (AvgIpc) is 3.53. The van der Waals surface area contributed by atoms with Crippen LogP contribution < -0.4 is 10.0 Å². The van der Waals surface area contributed by atoms with Crippen LogP contribution in [0.3, 0.4) is 0 Å². The first-order valence-electron chi connectivity index (χ1n) is 10.7. The zero-order valence-corrected chi connectivity index (χ0v) is 20.2. The quantitative estimate of drug-likeness (QED) is 0.304. The molecule has 11 heteroatoms. The summed E-state index contributed by atoms with van der Waals surface area (Å²) in [5.41, 5.74) is 2.16. The Balaban J connectivity index is 1.26. The van der Waals surface area contributed by atoms with Crippen LogP contribution in [0.5, 0.6) is 0 Å². The molecular formula is C24H21N5O4S2. The van der Waals surface area contributed by atoms with Crippen LogP contribution in [-0.4, -0.2) is 34.2 Å². The van der Waals surface area contributed by atoms with Crippen LogP contribution in [-0.2, 0) is 21.4 Å². The van der Waals surface area contributed by atoms with Crippen molar-refractivity contribution < 1.29 is 17.6 Å². The van der Waals surface area contributed by atoms with E-state index in [4.69, 9.17) is 4.42 Å². The molecule has 9 nitrogen and oxygen atoms in total. The van der Waals surface area contributed by atoms with Gasteiger partial charge in [0.25, 0.3) is 0 Å². The maximum absolute atomic E-state index is 12.8. The fourth-order valence-electron chi connectivity index (χ4n) is 3.52. The Morgan fingerprint density at radius 1 is 1.03 bits per heavy atom. The SMILES string of the molecule is CC(Sc1nnc2ccc3ccccc3n12)C(=O)Nc1ccc(S(=O)(=O)NCc2ccco2)cc1. The molecule has 3 heterocycles. The normalized spacial score (nSPS) is 12.7. The van der Waals surface area contributed by atoms with Crippen molar-refractivity contribution >= 4 is 49.9 Å². The Bertz CT molecular complexity index is 1600. The zero-order chi connectivity index (χ0) is 24.4. The molecule has 1 amide bonds. The number of thioether (sulfide) groups is 1. The van der Waals surface area contributed by atoms with E-state index in [0.29, 0.717) is 22.3 Å². The second-order valence-corrected chi connectivity index (χ2v) is 10.8. The van der Waals surface area contributed by atoms with E-state index in [9.17, 15) is 13.2 Å². The summed E-state index contributed by atoms with van der Waals surface area (Å²) >= 11 is 1.30. The summed E-state index contributed by atoms with van der Waals surface area (Å²) in [6, 6.07) is 21.1. The van der Waals surface area contributed by atoms with E-state index in [1.807, 2.05) is 40.8 Å². The highest BCUT2D eigenvalue weighted by molar-refractivity contribution is 8.00. The Morgan fingerprint density at radius 2 is 1.83 bits per heavy atom. The number of anilines is 1. The summed E-state index contributed by atoms with van der Waals surface area (Å²) in [7, 11) is -3.72. The van der Waals surface area contributed by atoms with Crippen molar-refractivity contribution in [1.82, 2.24) is 19.3 Å². The minimum Gasteiger partial charge on any atom is -0.468 e. The van der Waals surface area contributed by atoms with Crippen LogP contribution in [0.1, 0.15) is 12.7 Å². The van der Waals surface area contributed by atoms with E-state index >= 15 is 0 Å². The minimum absolute atomic E-state index is 0.0508. The molecule has 5 aromatic rings. The molecule has 0 spiro atoms. The zero-order valence-electron chi connectivity index (χ0n) is 18.6. The number of rotatable bonds is 8. The van der Waals surface area contributed by atoms with Gasteiger partial charge in [-0.3, -0.25) is 9.20 Å². The molecule has 2 aromatic carbocycles. The first kappa shape index (κ1) is 23.1. The third kappa shape index (κ3) is 4.92. The number of nitrogens with zero attached hydrogens (tertiary/aromatic N) is 3. The topological polar surface area (TPSA) is 119 Å². The van der Waals surface area contributed by atoms with Gasteiger partial charge >= 0.3 is 0 Å². The van der Waals surface area contributed by atoms with Gasteiger partial charge in [0.1, 0.15) is 5.76 Å². The lowest BCUT2D eigenvalue weighted by Gasteiger charge is -2.12. The van der Waals surface area contributed by atoms with Gasteiger partial charge in [-0.25, -0.2) is 13.1 Å². The monoisotopic (exact) mass is 507 g/mol. The van der Waals surface area contributed by atoms with Crippen molar-refractivity contribution in [2.24, 2.45) is 0 Å². The van der Waals surface area contributed by atoms with Crippen molar-refractivity contribution in [3.63, 3.8) is 0 Å². The van der Waals surface area contributed by atoms with Crippen LogP contribution in [0, 0.1) is 0 Å². The van der Waals surface area contributed by atoms with Crippen molar-refractivity contribution in [2.75, 3.05) is 5.32 Å². The number of para-hydroxylation sites is 1. The second kappa shape index (κ2) is 9.53. The Labute approximate surface area is 205 Å². The molecular weight excluding hydrogens is 486 g/mol. The molecule has 0 fully saturated rings. The molecule has 0 saturated heterocycles. The average molecular weight is 508 g/mol. The molecule has 0 aliphatic rings. The van der Waals surface area contributed by atoms with Gasteiger partial charge < -0.3 is 9.73 Å². The summed E-state index contributed by atoms with van der Waals surface area (Å²) in [4.78, 5) is 12.9. The maximum Gasteiger partial charge on any atom is 0.240 e. The van der Waals surface area contributed by atoms with Gasteiger partial charge in [-0.2, -0.15) is 0 Å². The highest BCUT2D eigenvalue weighted by atomic mass is 32.2. The smallest absolute Gasteiger partial charge is 0.240 e.